The molecule has 0 N–H and O–H groups in total. The Morgan fingerprint density at radius 2 is 1.76 bits per heavy atom. The first-order valence-electron chi connectivity index (χ1n) is 7.28. The van der Waals surface area contributed by atoms with Gasteiger partial charge in [0.15, 0.2) is 0 Å². The lowest BCUT2D eigenvalue weighted by molar-refractivity contribution is -0.274. The van der Waals surface area contributed by atoms with Gasteiger partial charge in [0.25, 0.3) is 0 Å². The maximum Gasteiger partial charge on any atom is 0.573 e. The molecule has 0 amide bonds. The summed E-state index contributed by atoms with van der Waals surface area (Å²) < 4.78 is 54.5. The van der Waals surface area contributed by atoms with Crippen molar-refractivity contribution in [2.24, 2.45) is 0 Å². The van der Waals surface area contributed by atoms with E-state index in [-0.39, 0.29) is 5.75 Å². The number of benzene rings is 2. The van der Waals surface area contributed by atoms with E-state index < -0.39 is 12.2 Å². The minimum Gasteiger partial charge on any atom is -0.406 e. The second-order valence-corrected chi connectivity index (χ2v) is 5.38. The summed E-state index contributed by atoms with van der Waals surface area (Å²) in [4.78, 5) is 9.87. The Labute approximate surface area is 140 Å². The van der Waals surface area contributed by atoms with E-state index >= 15 is 0 Å². The van der Waals surface area contributed by atoms with Crippen molar-refractivity contribution in [2.75, 3.05) is 11.9 Å². The fourth-order valence-electron chi connectivity index (χ4n) is 2.49. The predicted octanol–water partition coefficient (Wildman–Crippen LogP) is 4.30. The van der Waals surface area contributed by atoms with E-state index in [0.29, 0.717) is 23.3 Å². The lowest BCUT2D eigenvalue weighted by Gasteiger charge is -2.20. The van der Waals surface area contributed by atoms with Gasteiger partial charge >= 0.3 is 6.36 Å². The van der Waals surface area contributed by atoms with Crippen LogP contribution in [0, 0.1) is 5.82 Å². The number of hydrogen-bond donors (Lipinski definition) is 0. The second-order valence-electron chi connectivity index (χ2n) is 5.38. The summed E-state index contributed by atoms with van der Waals surface area (Å²) in [6.07, 6.45) is -3.39. The monoisotopic (exact) mass is 351 g/mol. The van der Waals surface area contributed by atoms with E-state index in [4.69, 9.17) is 0 Å². The van der Waals surface area contributed by atoms with Crippen LogP contribution in [-0.4, -0.2) is 23.4 Å². The zero-order chi connectivity index (χ0) is 18.0. The highest BCUT2D eigenvalue weighted by Gasteiger charge is 2.30. The molecule has 0 saturated heterocycles. The van der Waals surface area contributed by atoms with Crippen LogP contribution in [0.15, 0.2) is 48.8 Å². The number of fused-ring (bicyclic) bond motifs is 1. The molecule has 3 aromatic rings. The smallest absolute Gasteiger partial charge is 0.406 e. The Kier molecular flexibility index (Phi) is 4.43. The van der Waals surface area contributed by atoms with Crippen LogP contribution in [0.5, 0.6) is 5.75 Å². The number of alkyl halides is 3. The molecule has 3 rings (SSSR count). The molecule has 2 aromatic carbocycles. The predicted molar refractivity (Wildman–Crippen MR) is 84.7 cm³/mol. The van der Waals surface area contributed by atoms with Gasteiger partial charge in [-0.3, -0.25) is 0 Å². The van der Waals surface area contributed by atoms with Crippen molar-refractivity contribution < 1.29 is 22.3 Å². The van der Waals surface area contributed by atoms with E-state index in [1.54, 1.807) is 24.1 Å². The highest BCUT2D eigenvalue weighted by atomic mass is 19.4. The van der Waals surface area contributed by atoms with Crippen molar-refractivity contribution in [1.29, 1.82) is 0 Å². The Bertz CT molecular complexity index is 876. The van der Waals surface area contributed by atoms with Gasteiger partial charge in [0.1, 0.15) is 23.7 Å². The maximum absolute atomic E-state index is 14.1. The fourth-order valence-corrected chi connectivity index (χ4v) is 2.49. The average Bonchev–Trinajstić information content (AvgIpc) is 2.55. The summed E-state index contributed by atoms with van der Waals surface area (Å²) in [6.45, 7) is 0.326. The number of nitrogens with zero attached hydrogens (tertiary/aromatic N) is 3. The van der Waals surface area contributed by atoms with Gasteiger partial charge < -0.3 is 9.64 Å². The Morgan fingerprint density at radius 1 is 1.04 bits per heavy atom. The van der Waals surface area contributed by atoms with Gasteiger partial charge in [-0.15, -0.1) is 13.2 Å². The second kappa shape index (κ2) is 6.54. The van der Waals surface area contributed by atoms with Crippen molar-refractivity contribution in [2.45, 2.75) is 12.9 Å². The number of ether oxygens (including phenoxy) is 1. The molecule has 0 atom stereocenters. The van der Waals surface area contributed by atoms with Gasteiger partial charge in [-0.2, -0.15) is 0 Å². The minimum atomic E-state index is -4.73. The number of halogens is 4. The van der Waals surface area contributed by atoms with Gasteiger partial charge in [-0.1, -0.05) is 18.2 Å². The minimum absolute atomic E-state index is 0.294. The van der Waals surface area contributed by atoms with Crippen molar-refractivity contribution in [3.63, 3.8) is 0 Å². The topological polar surface area (TPSA) is 38.2 Å². The Hall–Kier alpha value is -2.90. The van der Waals surface area contributed by atoms with Crippen LogP contribution in [-0.2, 0) is 6.54 Å². The van der Waals surface area contributed by atoms with Crippen molar-refractivity contribution >= 4 is 16.7 Å². The standard InChI is InChI=1S/C17H13F4N3O/c1-24(9-11-5-7-12(8-6-11)25-17(19,20)21)16-15-13(18)3-2-4-14(15)22-10-23-16/h2-8,10H,9H2,1H3. The number of aromatic nitrogens is 2. The third-order valence-electron chi connectivity index (χ3n) is 3.53. The molecular formula is C17H13F4N3O. The van der Waals surface area contributed by atoms with E-state index in [1.807, 2.05) is 0 Å². The van der Waals surface area contributed by atoms with Crippen molar-refractivity contribution in [3.8, 4) is 5.75 Å². The molecule has 0 spiro atoms. The molecule has 25 heavy (non-hydrogen) atoms. The molecule has 130 valence electrons. The Morgan fingerprint density at radius 3 is 2.44 bits per heavy atom. The van der Waals surface area contributed by atoms with Crippen molar-refractivity contribution in [3.05, 3.63) is 60.2 Å². The molecule has 1 aromatic heterocycles. The number of rotatable bonds is 4. The van der Waals surface area contributed by atoms with Crippen LogP contribution in [0.4, 0.5) is 23.4 Å². The molecule has 0 aliphatic heterocycles. The summed E-state index contributed by atoms with van der Waals surface area (Å²) in [5.41, 5.74) is 1.20. The van der Waals surface area contributed by atoms with Crippen LogP contribution in [0.3, 0.4) is 0 Å². The fraction of sp³-hybridized carbons (Fsp3) is 0.176. The third kappa shape index (κ3) is 3.96. The highest BCUT2D eigenvalue weighted by Crippen LogP contribution is 2.27. The number of anilines is 1. The molecular weight excluding hydrogens is 338 g/mol. The van der Waals surface area contributed by atoms with Gasteiger partial charge in [-0.05, 0) is 29.8 Å². The van der Waals surface area contributed by atoms with Gasteiger partial charge in [0.05, 0.1) is 10.9 Å². The zero-order valence-electron chi connectivity index (χ0n) is 13.1. The van der Waals surface area contributed by atoms with Crippen LogP contribution < -0.4 is 9.64 Å². The Balaban J connectivity index is 1.82. The van der Waals surface area contributed by atoms with Crippen molar-refractivity contribution in [1.82, 2.24) is 9.97 Å². The summed E-state index contributed by atoms with van der Waals surface area (Å²) in [5, 5.41) is 0.296. The molecule has 0 radical (unpaired) electrons. The molecule has 0 unspecified atom stereocenters. The average molecular weight is 351 g/mol. The van der Waals surface area contributed by atoms with Crippen LogP contribution in [0.25, 0.3) is 10.9 Å². The zero-order valence-corrected chi connectivity index (χ0v) is 13.1. The molecule has 0 fully saturated rings. The third-order valence-corrected chi connectivity index (χ3v) is 3.53. The first kappa shape index (κ1) is 16.9. The quantitative estimate of drug-likeness (QED) is 0.657. The first-order valence-corrected chi connectivity index (χ1v) is 7.28. The van der Waals surface area contributed by atoms with E-state index in [0.717, 1.165) is 5.56 Å². The number of hydrogen-bond acceptors (Lipinski definition) is 4. The molecule has 0 aliphatic carbocycles. The van der Waals surface area contributed by atoms with Gasteiger partial charge in [0.2, 0.25) is 0 Å². The summed E-state index contributed by atoms with van der Waals surface area (Å²) in [7, 11) is 1.72. The molecule has 0 bridgehead atoms. The molecule has 4 nitrogen and oxygen atoms in total. The summed E-state index contributed by atoms with van der Waals surface area (Å²) in [6, 6.07) is 10.1. The maximum atomic E-state index is 14.1. The molecule has 1 heterocycles. The summed E-state index contributed by atoms with van der Waals surface area (Å²) >= 11 is 0. The van der Waals surface area contributed by atoms with E-state index in [2.05, 4.69) is 14.7 Å². The lowest BCUT2D eigenvalue weighted by Crippen LogP contribution is -2.19. The summed E-state index contributed by atoms with van der Waals surface area (Å²) in [5.74, 6) is -0.329. The first-order chi connectivity index (χ1) is 11.8. The SMILES string of the molecule is CN(Cc1ccc(OC(F)(F)F)cc1)c1ncnc2cccc(F)c12. The van der Waals surface area contributed by atoms with Crippen LogP contribution >= 0.6 is 0 Å². The van der Waals surface area contributed by atoms with Gasteiger partial charge in [0, 0.05) is 13.6 Å². The van der Waals surface area contributed by atoms with E-state index in [1.165, 1.54) is 36.7 Å². The van der Waals surface area contributed by atoms with Crippen LogP contribution in [0.2, 0.25) is 0 Å². The van der Waals surface area contributed by atoms with Crippen LogP contribution in [0.1, 0.15) is 5.56 Å². The highest BCUT2D eigenvalue weighted by molar-refractivity contribution is 5.89. The normalized spacial score (nSPS) is 11.6. The van der Waals surface area contributed by atoms with E-state index in [9.17, 15) is 17.6 Å². The molecule has 0 saturated carbocycles. The largest absolute Gasteiger partial charge is 0.573 e. The molecule has 8 heteroatoms. The van der Waals surface area contributed by atoms with Gasteiger partial charge in [-0.25, -0.2) is 14.4 Å². The lowest BCUT2D eigenvalue weighted by atomic mass is 10.2. The molecule has 0 aliphatic rings.